The molecule has 30 heavy (non-hydrogen) atoms. The third-order valence-corrected chi connectivity index (χ3v) is 6.07. The maximum Gasteiger partial charge on any atom is 0.333 e. The van der Waals surface area contributed by atoms with Gasteiger partial charge < -0.3 is 10.1 Å². The summed E-state index contributed by atoms with van der Waals surface area (Å²) in [5.74, 6) is -3.34. The van der Waals surface area contributed by atoms with E-state index in [0.717, 1.165) is 38.2 Å². The van der Waals surface area contributed by atoms with Crippen LogP contribution in [0.15, 0.2) is 47.4 Å². The van der Waals surface area contributed by atoms with Gasteiger partial charge in [-0.2, -0.15) is 0 Å². The minimum absolute atomic E-state index is 0.0549. The average molecular weight is 438 g/mol. The van der Waals surface area contributed by atoms with Crippen LogP contribution in [-0.2, 0) is 19.6 Å². The number of nitrogens with one attached hydrogen (secondary N) is 2. The smallest absolute Gasteiger partial charge is 0.333 e. The summed E-state index contributed by atoms with van der Waals surface area (Å²) >= 11 is 0. The molecule has 1 unspecified atom stereocenters. The number of esters is 1. The first-order valence-electron chi connectivity index (χ1n) is 9.14. The van der Waals surface area contributed by atoms with Crippen molar-refractivity contribution in [2.75, 3.05) is 13.7 Å². The van der Waals surface area contributed by atoms with Crippen molar-refractivity contribution in [2.24, 2.45) is 5.92 Å². The predicted octanol–water partition coefficient (Wildman–Crippen LogP) is 2.30. The zero-order valence-corrected chi connectivity index (χ0v) is 16.8. The highest BCUT2D eigenvalue weighted by molar-refractivity contribution is 7.89. The van der Waals surface area contributed by atoms with Gasteiger partial charge in [-0.05, 0) is 43.0 Å². The van der Waals surface area contributed by atoms with Crippen LogP contribution < -0.4 is 10.0 Å². The average Bonchev–Trinajstić information content (AvgIpc) is 3.55. The summed E-state index contributed by atoms with van der Waals surface area (Å²) in [6.07, 6.45) is 1.94. The maximum atomic E-state index is 14.1. The van der Waals surface area contributed by atoms with Crippen LogP contribution in [0, 0.1) is 17.6 Å². The van der Waals surface area contributed by atoms with E-state index >= 15 is 0 Å². The quantitative estimate of drug-likeness (QED) is 0.616. The van der Waals surface area contributed by atoms with Crippen molar-refractivity contribution in [1.82, 2.24) is 10.0 Å². The van der Waals surface area contributed by atoms with Crippen LogP contribution >= 0.6 is 0 Å². The zero-order valence-electron chi connectivity index (χ0n) is 16.0. The molecule has 2 aromatic rings. The fourth-order valence-electron chi connectivity index (χ4n) is 2.77. The number of rotatable bonds is 8. The summed E-state index contributed by atoms with van der Waals surface area (Å²) in [4.78, 5) is 24.6. The van der Waals surface area contributed by atoms with Gasteiger partial charge in [-0.25, -0.2) is 26.7 Å². The molecule has 1 atom stereocenters. The third-order valence-electron chi connectivity index (χ3n) is 4.65. The molecule has 2 aromatic carbocycles. The van der Waals surface area contributed by atoms with E-state index in [1.165, 1.54) is 18.2 Å². The number of carbonyl (C=O) groups excluding carboxylic acids is 2. The highest BCUT2D eigenvalue weighted by atomic mass is 32.2. The molecule has 0 heterocycles. The number of benzene rings is 2. The lowest BCUT2D eigenvalue weighted by Crippen LogP contribution is -2.35. The number of halogens is 2. The van der Waals surface area contributed by atoms with Crippen LogP contribution in [0.1, 0.15) is 34.8 Å². The van der Waals surface area contributed by atoms with Gasteiger partial charge in [0, 0.05) is 23.7 Å². The monoisotopic (exact) mass is 438 g/mol. The summed E-state index contributed by atoms with van der Waals surface area (Å²) in [6.45, 7) is 0.326. The van der Waals surface area contributed by atoms with Gasteiger partial charge in [0.15, 0.2) is 6.04 Å². The number of methoxy groups -OCH3 is 1. The van der Waals surface area contributed by atoms with Gasteiger partial charge >= 0.3 is 5.97 Å². The number of ether oxygens (including phenoxy) is 1. The van der Waals surface area contributed by atoms with Crippen molar-refractivity contribution in [1.29, 1.82) is 0 Å². The van der Waals surface area contributed by atoms with Crippen molar-refractivity contribution in [2.45, 2.75) is 23.8 Å². The van der Waals surface area contributed by atoms with E-state index in [1.807, 2.05) is 0 Å². The van der Waals surface area contributed by atoms with Crippen LogP contribution in [0.2, 0.25) is 0 Å². The summed E-state index contributed by atoms with van der Waals surface area (Å²) in [6, 6.07) is 6.22. The molecule has 10 heteroatoms. The Bertz CT molecular complexity index is 1070. The highest BCUT2D eigenvalue weighted by Gasteiger charge is 2.28. The molecule has 1 saturated carbocycles. The molecule has 1 fully saturated rings. The lowest BCUT2D eigenvalue weighted by molar-refractivity contribution is -0.143. The largest absolute Gasteiger partial charge is 0.467 e. The van der Waals surface area contributed by atoms with E-state index in [2.05, 4.69) is 14.8 Å². The second-order valence-electron chi connectivity index (χ2n) is 6.92. The van der Waals surface area contributed by atoms with Crippen molar-refractivity contribution >= 4 is 21.9 Å². The molecule has 1 aliphatic rings. The molecule has 0 saturated heterocycles. The van der Waals surface area contributed by atoms with E-state index in [9.17, 15) is 26.8 Å². The predicted molar refractivity (Wildman–Crippen MR) is 103 cm³/mol. The molecule has 7 nitrogen and oxygen atoms in total. The number of hydrogen-bond acceptors (Lipinski definition) is 5. The first kappa shape index (κ1) is 21.8. The fraction of sp³-hybridized carbons (Fsp3) is 0.300. The molecule has 0 aliphatic heterocycles. The minimum Gasteiger partial charge on any atom is -0.467 e. The van der Waals surface area contributed by atoms with Gasteiger partial charge in [-0.3, -0.25) is 4.79 Å². The first-order valence-corrected chi connectivity index (χ1v) is 10.6. The van der Waals surface area contributed by atoms with Gasteiger partial charge in [0.1, 0.15) is 11.6 Å². The SMILES string of the molecule is COC(=O)C(NC(=O)c1cccc(S(=O)(=O)NCC2CC2)c1)c1ccc(F)cc1F. The van der Waals surface area contributed by atoms with E-state index in [-0.39, 0.29) is 16.0 Å². The molecule has 0 aromatic heterocycles. The number of hydrogen-bond donors (Lipinski definition) is 2. The van der Waals surface area contributed by atoms with Gasteiger partial charge in [0.2, 0.25) is 10.0 Å². The van der Waals surface area contributed by atoms with Crippen molar-refractivity contribution < 1.29 is 31.5 Å². The molecule has 0 bridgehead atoms. The van der Waals surface area contributed by atoms with E-state index in [1.54, 1.807) is 0 Å². The zero-order chi connectivity index (χ0) is 21.9. The highest BCUT2D eigenvalue weighted by Crippen LogP contribution is 2.28. The number of amides is 1. The molecule has 1 amide bonds. The van der Waals surface area contributed by atoms with Gasteiger partial charge in [0.05, 0.1) is 12.0 Å². The van der Waals surface area contributed by atoms with Crippen molar-refractivity contribution in [3.8, 4) is 0 Å². The fourth-order valence-corrected chi connectivity index (χ4v) is 3.93. The molecule has 3 rings (SSSR count). The Hall–Kier alpha value is -2.85. The lowest BCUT2D eigenvalue weighted by atomic mass is 10.1. The second-order valence-corrected chi connectivity index (χ2v) is 8.69. The summed E-state index contributed by atoms with van der Waals surface area (Å²) in [5, 5.41) is 2.31. The molecule has 2 N–H and O–H groups in total. The van der Waals surface area contributed by atoms with Crippen LogP contribution in [0.25, 0.3) is 0 Å². The summed E-state index contributed by atoms with van der Waals surface area (Å²) in [5.41, 5.74) is -0.341. The van der Waals surface area contributed by atoms with E-state index in [4.69, 9.17) is 0 Å². The van der Waals surface area contributed by atoms with Gasteiger partial charge in [-0.1, -0.05) is 12.1 Å². The molecule has 160 valence electrons. The molecular formula is C20H20F2N2O5S. The summed E-state index contributed by atoms with van der Waals surface area (Å²) in [7, 11) is -2.75. The lowest BCUT2D eigenvalue weighted by Gasteiger charge is -2.18. The topological polar surface area (TPSA) is 102 Å². The van der Waals surface area contributed by atoms with Crippen molar-refractivity contribution in [3.63, 3.8) is 0 Å². The van der Waals surface area contributed by atoms with Crippen LogP contribution in [-0.4, -0.2) is 33.9 Å². The standard InChI is InChI=1S/C20H20F2N2O5S/c1-29-20(26)18(16-8-7-14(21)10-17(16)22)24-19(25)13-3-2-4-15(9-13)30(27,28)23-11-12-5-6-12/h2-4,7-10,12,18,23H,5-6,11H2,1H3,(H,24,25). The Kier molecular flexibility index (Phi) is 6.47. The van der Waals surface area contributed by atoms with Gasteiger partial charge in [-0.15, -0.1) is 0 Å². The maximum absolute atomic E-state index is 14.1. The van der Waals surface area contributed by atoms with Crippen LogP contribution in [0.4, 0.5) is 8.78 Å². The Labute approximate surface area is 172 Å². The van der Waals surface area contributed by atoms with E-state index in [0.29, 0.717) is 18.5 Å². The van der Waals surface area contributed by atoms with E-state index < -0.39 is 39.6 Å². The summed E-state index contributed by atoms with van der Waals surface area (Å²) < 4.78 is 59.2. The molecule has 1 aliphatic carbocycles. The number of carbonyl (C=O) groups is 2. The molecule has 0 radical (unpaired) electrons. The molecular weight excluding hydrogens is 418 g/mol. The minimum atomic E-state index is -3.81. The van der Waals surface area contributed by atoms with Gasteiger partial charge in [0.25, 0.3) is 5.91 Å². The molecule has 0 spiro atoms. The van der Waals surface area contributed by atoms with Crippen LogP contribution in [0.5, 0.6) is 0 Å². The Morgan fingerprint density at radius 2 is 1.90 bits per heavy atom. The van der Waals surface area contributed by atoms with Crippen molar-refractivity contribution in [3.05, 3.63) is 65.2 Å². The Morgan fingerprint density at radius 1 is 1.17 bits per heavy atom. The number of sulfonamides is 1. The Balaban J connectivity index is 1.82. The first-order chi connectivity index (χ1) is 14.2. The van der Waals surface area contributed by atoms with Crippen LogP contribution in [0.3, 0.4) is 0 Å². The second kappa shape index (κ2) is 8.88. The Morgan fingerprint density at radius 3 is 2.53 bits per heavy atom. The third kappa shape index (κ3) is 5.19. The normalized spacial score (nSPS) is 14.8.